The smallest absolute Gasteiger partial charge is 0.253 e. The van der Waals surface area contributed by atoms with E-state index in [-0.39, 0.29) is 17.7 Å². The predicted molar refractivity (Wildman–Crippen MR) is 104 cm³/mol. The quantitative estimate of drug-likeness (QED) is 0.867. The number of piperidine rings is 1. The van der Waals surface area contributed by atoms with E-state index >= 15 is 0 Å². The fourth-order valence-electron chi connectivity index (χ4n) is 3.34. The fourth-order valence-corrected chi connectivity index (χ4v) is 3.34. The third-order valence-corrected chi connectivity index (χ3v) is 5.07. The van der Waals surface area contributed by atoms with Gasteiger partial charge in [0.05, 0.1) is 0 Å². The van der Waals surface area contributed by atoms with E-state index in [1.807, 2.05) is 24.3 Å². The molecular formula is C22H25FN2O2. The number of carbonyl (C=O) groups excluding carboxylic acids is 2. The fraction of sp³-hybridized carbons (Fsp3) is 0.364. The number of rotatable bonds is 4. The lowest BCUT2D eigenvalue weighted by molar-refractivity contribution is -0.121. The molecule has 0 saturated carbocycles. The molecule has 2 aromatic rings. The van der Waals surface area contributed by atoms with Crippen LogP contribution in [0.5, 0.6) is 0 Å². The third kappa shape index (κ3) is 4.73. The largest absolute Gasteiger partial charge is 0.339 e. The SMILES string of the molecule is CC(C)c1ccc(NC(=O)C2CCN(C(=O)c3cccc(F)c3)CC2)cc1. The van der Waals surface area contributed by atoms with Gasteiger partial charge in [-0.1, -0.05) is 32.0 Å². The van der Waals surface area contributed by atoms with E-state index in [1.165, 1.54) is 23.8 Å². The van der Waals surface area contributed by atoms with Crippen molar-refractivity contribution in [2.24, 2.45) is 5.92 Å². The zero-order chi connectivity index (χ0) is 19.4. The van der Waals surface area contributed by atoms with E-state index in [4.69, 9.17) is 0 Å². The van der Waals surface area contributed by atoms with Crippen LogP contribution in [0.2, 0.25) is 0 Å². The van der Waals surface area contributed by atoms with Gasteiger partial charge in [0.1, 0.15) is 5.82 Å². The van der Waals surface area contributed by atoms with Crippen LogP contribution in [0.4, 0.5) is 10.1 Å². The van der Waals surface area contributed by atoms with Crippen molar-refractivity contribution in [3.8, 4) is 0 Å². The highest BCUT2D eigenvalue weighted by molar-refractivity contribution is 5.95. The number of carbonyl (C=O) groups is 2. The van der Waals surface area contributed by atoms with E-state index in [9.17, 15) is 14.0 Å². The number of likely N-dealkylation sites (tertiary alicyclic amines) is 1. The van der Waals surface area contributed by atoms with Crippen molar-refractivity contribution in [1.82, 2.24) is 4.90 Å². The molecule has 5 heteroatoms. The van der Waals surface area contributed by atoms with E-state index < -0.39 is 5.82 Å². The summed E-state index contributed by atoms with van der Waals surface area (Å²) < 4.78 is 13.3. The first-order valence-corrected chi connectivity index (χ1v) is 9.39. The van der Waals surface area contributed by atoms with Crippen molar-refractivity contribution in [1.29, 1.82) is 0 Å². The maximum Gasteiger partial charge on any atom is 0.253 e. The molecule has 3 rings (SSSR count). The minimum absolute atomic E-state index is 0.00912. The summed E-state index contributed by atoms with van der Waals surface area (Å²) in [5.74, 6) is -0.276. The molecule has 1 aliphatic heterocycles. The normalized spacial score (nSPS) is 15.0. The van der Waals surface area contributed by atoms with Crippen LogP contribution in [0, 0.1) is 11.7 Å². The number of hydrogen-bond donors (Lipinski definition) is 1. The summed E-state index contributed by atoms with van der Waals surface area (Å²) in [6.07, 6.45) is 1.22. The summed E-state index contributed by atoms with van der Waals surface area (Å²) in [6, 6.07) is 13.6. The maximum absolute atomic E-state index is 13.3. The Morgan fingerprint density at radius 2 is 1.74 bits per heavy atom. The second-order valence-corrected chi connectivity index (χ2v) is 7.34. The molecule has 0 unspecified atom stereocenters. The first-order valence-electron chi connectivity index (χ1n) is 9.39. The zero-order valence-electron chi connectivity index (χ0n) is 15.7. The van der Waals surface area contributed by atoms with Gasteiger partial charge in [-0.3, -0.25) is 9.59 Å². The molecule has 0 bridgehead atoms. The summed E-state index contributed by atoms with van der Waals surface area (Å²) in [5.41, 5.74) is 2.38. The summed E-state index contributed by atoms with van der Waals surface area (Å²) in [4.78, 5) is 26.7. The van der Waals surface area contributed by atoms with Gasteiger partial charge in [-0.15, -0.1) is 0 Å². The summed E-state index contributed by atoms with van der Waals surface area (Å²) in [7, 11) is 0. The van der Waals surface area contributed by atoms with Crippen LogP contribution in [-0.4, -0.2) is 29.8 Å². The molecule has 0 spiro atoms. The van der Waals surface area contributed by atoms with Crippen LogP contribution in [-0.2, 0) is 4.79 Å². The highest BCUT2D eigenvalue weighted by atomic mass is 19.1. The maximum atomic E-state index is 13.3. The van der Waals surface area contributed by atoms with Gasteiger partial charge in [-0.2, -0.15) is 0 Å². The predicted octanol–water partition coefficient (Wildman–Crippen LogP) is 4.44. The Morgan fingerprint density at radius 1 is 1.07 bits per heavy atom. The van der Waals surface area contributed by atoms with Crippen LogP contribution in [0.1, 0.15) is 48.5 Å². The molecule has 0 aliphatic carbocycles. The summed E-state index contributed by atoms with van der Waals surface area (Å²) in [6.45, 7) is 5.26. The second kappa shape index (κ2) is 8.33. The Hall–Kier alpha value is -2.69. The van der Waals surface area contributed by atoms with Gasteiger partial charge in [-0.25, -0.2) is 4.39 Å². The minimum Gasteiger partial charge on any atom is -0.339 e. The Balaban J connectivity index is 1.54. The van der Waals surface area contributed by atoms with Crippen molar-refractivity contribution in [2.45, 2.75) is 32.6 Å². The van der Waals surface area contributed by atoms with E-state index in [1.54, 1.807) is 11.0 Å². The van der Waals surface area contributed by atoms with Gasteiger partial charge in [0, 0.05) is 30.3 Å². The standard InChI is InChI=1S/C22H25FN2O2/c1-15(2)16-6-8-20(9-7-16)24-21(26)17-10-12-25(13-11-17)22(27)18-4-3-5-19(23)14-18/h3-9,14-15,17H,10-13H2,1-2H3,(H,24,26). The molecule has 27 heavy (non-hydrogen) atoms. The number of hydrogen-bond acceptors (Lipinski definition) is 2. The van der Waals surface area contributed by atoms with Gasteiger partial charge in [0.2, 0.25) is 5.91 Å². The van der Waals surface area contributed by atoms with Gasteiger partial charge in [-0.05, 0) is 54.7 Å². The van der Waals surface area contributed by atoms with Crippen LogP contribution < -0.4 is 5.32 Å². The molecule has 2 amide bonds. The number of amides is 2. The first-order chi connectivity index (χ1) is 12.9. The van der Waals surface area contributed by atoms with Crippen LogP contribution in [0.15, 0.2) is 48.5 Å². The molecule has 4 nitrogen and oxygen atoms in total. The molecule has 1 heterocycles. The van der Waals surface area contributed by atoms with Crippen molar-refractivity contribution in [3.05, 3.63) is 65.5 Å². The Kier molecular flexibility index (Phi) is 5.89. The average Bonchev–Trinajstić information content (AvgIpc) is 2.68. The minimum atomic E-state index is -0.418. The first kappa shape index (κ1) is 19.1. The highest BCUT2D eigenvalue weighted by Gasteiger charge is 2.28. The van der Waals surface area contributed by atoms with Gasteiger partial charge in [0.15, 0.2) is 0 Å². The monoisotopic (exact) mass is 368 g/mol. The van der Waals surface area contributed by atoms with Crippen LogP contribution >= 0.6 is 0 Å². The van der Waals surface area contributed by atoms with E-state index in [2.05, 4.69) is 19.2 Å². The second-order valence-electron chi connectivity index (χ2n) is 7.34. The molecule has 0 radical (unpaired) electrons. The van der Waals surface area contributed by atoms with Crippen LogP contribution in [0.25, 0.3) is 0 Å². The number of halogens is 1. The summed E-state index contributed by atoms with van der Waals surface area (Å²) >= 11 is 0. The number of benzene rings is 2. The Morgan fingerprint density at radius 3 is 2.33 bits per heavy atom. The number of anilines is 1. The molecule has 1 N–H and O–H groups in total. The third-order valence-electron chi connectivity index (χ3n) is 5.07. The molecule has 0 atom stereocenters. The van der Waals surface area contributed by atoms with Crippen LogP contribution in [0.3, 0.4) is 0 Å². The van der Waals surface area contributed by atoms with E-state index in [0.29, 0.717) is 37.4 Å². The Labute approximate surface area is 159 Å². The van der Waals surface area contributed by atoms with Gasteiger partial charge >= 0.3 is 0 Å². The van der Waals surface area contributed by atoms with E-state index in [0.717, 1.165) is 5.69 Å². The van der Waals surface area contributed by atoms with Gasteiger partial charge in [0.25, 0.3) is 5.91 Å². The van der Waals surface area contributed by atoms with Crippen molar-refractivity contribution < 1.29 is 14.0 Å². The molecule has 142 valence electrons. The number of nitrogens with one attached hydrogen (secondary N) is 1. The molecule has 0 aromatic heterocycles. The van der Waals surface area contributed by atoms with Crippen molar-refractivity contribution in [2.75, 3.05) is 18.4 Å². The molecule has 1 fully saturated rings. The topological polar surface area (TPSA) is 49.4 Å². The lowest BCUT2D eigenvalue weighted by atomic mass is 9.95. The molecule has 1 aliphatic rings. The lowest BCUT2D eigenvalue weighted by Crippen LogP contribution is -2.41. The zero-order valence-corrected chi connectivity index (χ0v) is 15.7. The molecule has 1 saturated heterocycles. The van der Waals surface area contributed by atoms with Crippen molar-refractivity contribution >= 4 is 17.5 Å². The Bertz CT molecular complexity index is 809. The van der Waals surface area contributed by atoms with Gasteiger partial charge < -0.3 is 10.2 Å². The average molecular weight is 368 g/mol. The lowest BCUT2D eigenvalue weighted by Gasteiger charge is -2.31. The molecular weight excluding hydrogens is 343 g/mol. The number of nitrogens with zero attached hydrogens (tertiary/aromatic N) is 1. The van der Waals surface area contributed by atoms with Crippen molar-refractivity contribution in [3.63, 3.8) is 0 Å². The summed E-state index contributed by atoms with van der Waals surface area (Å²) in [5, 5.41) is 2.97. The highest BCUT2D eigenvalue weighted by Crippen LogP contribution is 2.22. The molecule has 2 aromatic carbocycles.